The Kier molecular flexibility index (Phi) is 6.70. The lowest BCUT2D eigenvalue weighted by Gasteiger charge is -2.41. The van der Waals surface area contributed by atoms with Crippen LogP contribution in [-0.2, 0) is 33.3 Å². The van der Waals surface area contributed by atoms with Crippen molar-refractivity contribution in [2.75, 3.05) is 6.61 Å². The molecule has 0 amide bonds. The molecule has 0 unspecified atom stereocenters. The Morgan fingerprint density at radius 1 is 0.952 bits per heavy atom. The minimum atomic E-state index is -1.02. The average Bonchev–Trinajstić information content (AvgIpc) is 2.35. The van der Waals surface area contributed by atoms with E-state index in [-0.39, 0.29) is 6.61 Å². The Hall–Kier alpha value is -1.05. The Morgan fingerprint density at radius 2 is 1.48 bits per heavy atom. The lowest BCUT2D eigenvalue weighted by molar-refractivity contribution is -0.204. The maximum absolute atomic E-state index is 11.2. The van der Waals surface area contributed by atoms with Crippen molar-refractivity contribution in [1.82, 2.24) is 0 Å². The van der Waals surface area contributed by atoms with E-state index in [0.29, 0.717) is 0 Å². The molecule has 7 nitrogen and oxygen atoms in total. The molecule has 9 heteroatoms. The van der Waals surface area contributed by atoms with Crippen molar-refractivity contribution < 1.29 is 33.3 Å². The fourth-order valence-electron chi connectivity index (χ4n) is 1.85. The van der Waals surface area contributed by atoms with Crippen LogP contribution in [0.5, 0.6) is 0 Å². The number of ether oxygens (including phenoxy) is 4. The average molecular weight is 343 g/mol. The van der Waals surface area contributed by atoms with Gasteiger partial charge in [-0.3, -0.25) is 14.4 Å². The largest absolute Gasteiger partial charge is 0.463 e. The molecular formula is C12H16Cl2O7. The Balaban J connectivity index is 2.94. The molecule has 0 N–H and O–H groups in total. The molecule has 0 saturated carbocycles. The standard InChI is InChI=1S/C12H16Cl2O7/c1-5(15)18-4-8-10(19-6(2)16)11(20-7(3)17)9(13)12(14)21-8/h8-12H,4H2,1-3H3/t8-,9-,10+,11-,12+/m1/s1. The third-order valence-electron chi connectivity index (χ3n) is 2.61. The Morgan fingerprint density at radius 3 is 1.95 bits per heavy atom. The van der Waals surface area contributed by atoms with Crippen LogP contribution in [0.2, 0.25) is 0 Å². The summed E-state index contributed by atoms with van der Waals surface area (Å²) in [7, 11) is 0. The SMILES string of the molecule is CC(=O)OC[C@H]1O[C@H](Cl)[C@H](Cl)[C@@H](OC(C)=O)[C@H]1OC(C)=O. The van der Waals surface area contributed by atoms with E-state index in [4.69, 9.17) is 42.1 Å². The second-order valence-electron chi connectivity index (χ2n) is 4.42. The first-order chi connectivity index (χ1) is 9.72. The molecule has 0 aromatic rings. The van der Waals surface area contributed by atoms with Crippen molar-refractivity contribution in [3.05, 3.63) is 0 Å². The topological polar surface area (TPSA) is 88.1 Å². The van der Waals surface area contributed by atoms with Gasteiger partial charge in [-0.2, -0.15) is 0 Å². The van der Waals surface area contributed by atoms with Gasteiger partial charge in [-0.1, -0.05) is 11.6 Å². The number of rotatable bonds is 4. The molecule has 0 spiro atoms. The molecule has 1 saturated heterocycles. The Bertz CT molecular complexity index is 414. The summed E-state index contributed by atoms with van der Waals surface area (Å²) < 4.78 is 20.4. The molecule has 1 aliphatic heterocycles. The smallest absolute Gasteiger partial charge is 0.303 e. The summed E-state index contributed by atoms with van der Waals surface area (Å²) in [5.41, 5.74) is -0.997. The van der Waals surface area contributed by atoms with E-state index in [1.165, 1.54) is 20.8 Å². The van der Waals surface area contributed by atoms with Crippen LogP contribution in [0, 0.1) is 0 Å². The van der Waals surface area contributed by atoms with E-state index in [1.807, 2.05) is 0 Å². The molecule has 0 aliphatic carbocycles. The van der Waals surface area contributed by atoms with Gasteiger partial charge in [0.1, 0.15) is 18.1 Å². The molecular weight excluding hydrogens is 327 g/mol. The monoisotopic (exact) mass is 342 g/mol. The van der Waals surface area contributed by atoms with Gasteiger partial charge in [0.2, 0.25) is 0 Å². The van der Waals surface area contributed by atoms with Crippen LogP contribution in [0.4, 0.5) is 0 Å². The summed E-state index contributed by atoms with van der Waals surface area (Å²) in [4.78, 5) is 33.3. The van der Waals surface area contributed by atoms with Crippen molar-refractivity contribution in [2.45, 2.75) is 50.0 Å². The van der Waals surface area contributed by atoms with E-state index < -0.39 is 47.2 Å². The molecule has 0 radical (unpaired) electrons. The van der Waals surface area contributed by atoms with E-state index >= 15 is 0 Å². The minimum Gasteiger partial charge on any atom is -0.463 e. The number of hydrogen-bond acceptors (Lipinski definition) is 7. The van der Waals surface area contributed by atoms with Gasteiger partial charge in [0.15, 0.2) is 17.8 Å². The van der Waals surface area contributed by atoms with Crippen molar-refractivity contribution >= 4 is 41.1 Å². The van der Waals surface area contributed by atoms with Gasteiger partial charge in [0, 0.05) is 20.8 Å². The normalized spacial score (nSPS) is 32.1. The van der Waals surface area contributed by atoms with E-state index in [9.17, 15) is 14.4 Å². The zero-order valence-electron chi connectivity index (χ0n) is 11.7. The second-order valence-corrected chi connectivity index (χ2v) is 5.35. The number of hydrogen-bond donors (Lipinski definition) is 0. The maximum Gasteiger partial charge on any atom is 0.303 e. The zero-order chi connectivity index (χ0) is 16.2. The van der Waals surface area contributed by atoms with Crippen molar-refractivity contribution in [2.24, 2.45) is 0 Å². The number of esters is 3. The van der Waals surface area contributed by atoms with Crippen LogP contribution >= 0.6 is 23.2 Å². The van der Waals surface area contributed by atoms with Crippen LogP contribution < -0.4 is 0 Å². The highest BCUT2D eigenvalue weighted by Crippen LogP contribution is 2.31. The van der Waals surface area contributed by atoms with E-state index in [2.05, 4.69) is 0 Å². The predicted molar refractivity (Wildman–Crippen MR) is 71.9 cm³/mol. The number of carbonyl (C=O) groups is 3. The van der Waals surface area contributed by atoms with Crippen molar-refractivity contribution in [1.29, 1.82) is 0 Å². The highest BCUT2D eigenvalue weighted by molar-refractivity contribution is 6.29. The first-order valence-electron chi connectivity index (χ1n) is 6.13. The molecule has 5 atom stereocenters. The molecule has 120 valence electrons. The van der Waals surface area contributed by atoms with Gasteiger partial charge >= 0.3 is 17.9 Å². The zero-order valence-corrected chi connectivity index (χ0v) is 13.2. The van der Waals surface area contributed by atoms with E-state index in [0.717, 1.165) is 0 Å². The first-order valence-corrected chi connectivity index (χ1v) is 7.01. The number of halogens is 2. The maximum atomic E-state index is 11.2. The highest BCUT2D eigenvalue weighted by Gasteiger charge is 2.49. The molecule has 0 aromatic heterocycles. The fourth-order valence-corrected chi connectivity index (χ4v) is 2.38. The lowest BCUT2D eigenvalue weighted by Crippen LogP contribution is -2.58. The van der Waals surface area contributed by atoms with Crippen LogP contribution in [0.1, 0.15) is 20.8 Å². The van der Waals surface area contributed by atoms with Crippen molar-refractivity contribution in [3.8, 4) is 0 Å². The summed E-state index contributed by atoms with van der Waals surface area (Å²) in [5.74, 6) is -1.77. The summed E-state index contributed by atoms with van der Waals surface area (Å²) >= 11 is 12.0. The minimum absolute atomic E-state index is 0.210. The van der Waals surface area contributed by atoms with Gasteiger partial charge in [0.25, 0.3) is 0 Å². The number of carbonyl (C=O) groups excluding carboxylic acids is 3. The van der Waals surface area contributed by atoms with E-state index in [1.54, 1.807) is 0 Å². The summed E-state index contributed by atoms with van der Waals surface area (Å²) in [6.07, 6.45) is -2.92. The molecule has 1 heterocycles. The van der Waals surface area contributed by atoms with Crippen LogP contribution in [-0.4, -0.2) is 53.8 Å². The van der Waals surface area contributed by atoms with Gasteiger partial charge in [0.05, 0.1) is 0 Å². The molecule has 1 aliphatic rings. The summed E-state index contributed by atoms with van der Waals surface area (Å²) in [6.45, 7) is 3.38. The predicted octanol–water partition coefficient (Wildman–Crippen LogP) is 0.984. The Labute approximate surface area is 131 Å². The fraction of sp³-hybridized carbons (Fsp3) is 0.750. The van der Waals surface area contributed by atoms with Crippen molar-refractivity contribution in [3.63, 3.8) is 0 Å². The molecule has 1 rings (SSSR count). The van der Waals surface area contributed by atoms with Crippen LogP contribution in [0.25, 0.3) is 0 Å². The highest BCUT2D eigenvalue weighted by atomic mass is 35.5. The molecule has 0 aromatic carbocycles. The molecule has 0 bridgehead atoms. The van der Waals surface area contributed by atoms with Gasteiger partial charge in [-0.05, 0) is 0 Å². The third-order valence-corrected chi connectivity index (χ3v) is 3.59. The lowest BCUT2D eigenvalue weighted by atomic mass is 10.0. The van der Waals surface area contributed by atoms with Crippen LogP contribution in [0.3, 0.4) is 0 Å². The van der Waals surface area contributed by atoms with Gasteiger partial charge < -0.3 is 18.9 Å². The van der Waals surface area contributed by atoms with Gasteiger partial charge in [-0.25, -0.2) is 0 Å². The third kappa shape index (κ3) is 5.33. The summed E-state index contributed by atoms with van der Waals surface area (Å²) in [5, 5.41) is -0.923. The van der Waals surface area contributed by atoms with Gasteiger partial charge in [-0.15, -0.1) is 11.6 Å². The quantitative estimate of drug-likeness (QED) is 0.427. The number of alkyl halides is 2. The van der Waals surface area contributed by atoms with Crippen LogP contribution in [0.15, 0.2) is 0 Å². The summed E-state index contributed by atoms with van der Waals surface area (Å²) in [6, 6.07) is 0. The molecule has 21 heavy (non-hydrogen) atoms. The second kappa shape index (κ2) is 7.82. The molecule has 1 fully saturated rings. The first kappa shape index (κ1) is 18.0.